The number of likely N-dealkylation sites (N-methyl/N-ethyl adjacent to an activating group) is 1. The average Bonchev–Trinajstić information content (AvgIpc) is 2.58. The van der Waals surface area contributed by atoms with Crippen molar-refractivity contribution in [2.75, 3.05) is 27.2 Å². The van der Waals surface area contributed by atoms with E-state index in [-0.39, 0.29) is 0 Å². The van der Waals surface area contributed by atoms with E-state index in [1.807, 2.05) is 0 Å². The van der Waals surface area contributed by atoms with Gasteiger partial charge in [-0.2, -0.15) is 0 Å². The van der Waals surface area contributed by atoms with Crippen LogP contribution in [0.3, 0.4) is 0 Å². The summed E-state index contributed by atoms with van der Waals surface area (Å²) in [5.74, 6) is 0. The highest BCUT2D eigenvalue weighted by atomic mass is 35.5. The minimum absolute atomic E-state index is 0.521. The molecule has 1 aromatic heterocycles. The van der Waals surface area contributed by atoms with Crippen molar-refractivity contribution >= 4 is 22.9 Å². The van der Waals surface area contributed by atoms with Gasteiger partial charge in [-0.05, 0) is 45.0 Å². The molecule has 1 aliphatic rings. The maximum atomic E-state index is 6.08. The lowest BCUT2D eigenvalue weighted by atomic mass is 9.94. The van der Waals surface area contributed by atoms with Crippen molar-refractivity contribution in [1.29, 1.82) is 0 Å². The predicted molar refractivity (Wildman–Crippen MR) is 71.6 cm³/mol. The smallest absolute Gasteiger partial charge is 0.0934 e. The molecule has 1 atom stereocenters. The third-order valence-electron chi connectivity index (χ3n) is 3.03. The third-order valence-corrected chi connectivity index (χ3v) is 4.37. The molecule has 0 aromatic carbocycles. The zero-order valence-electron chi connectivity index (χ0n) is 9.92. The van der Waals surface area contributed by atoms with Crippen LogP contribution in [0.25, 0.3) is 0 Å². The molecule has 2 nitrogen and oxygen atoms in total. The first kappa shape index (κ1) is 12.4. The Balaban J connectivity index is 1.96. The molecule has 1 heterocycles. The Morgan fingerprint density at radius 3 is 3.12 bits per heavy atom. The molecule has 0 saturated heterocycles. The summed E-state index contributed by atoms with van der Waals surface area (Å²) in [6.07, 6.45) is 3.73. The second kappa shape index (κ2) is 5.50. The van der Waals surface area contributed by atoms with E-state index in [4.69, 9.17) is 11.6 Å². The first-order valence-corrected chi connectivity index (χ1v) is 7.02. The van der Waals surface area contributed by atoms with Crippen LogP contribution in [0.15, 0.2) is 6.07 Å². The van der Waals surface area contributed by atoms with Crippen LogP contribution in [0.1, 0.15) is 29.3 Å². The molecule has 90 valence electrons. The molecular weight excluding hydrogens is 240 g/mol. The highest BCUT2D eigenvalue weighted by Gasteiger charge is 2.21. The van der Waals surface area contributed by atoms with Crippen molar-refractivity contribution in [2.24, 2.45) is 0 Å². The van der Waals surface area contributed by atoms with Gasteiger partial charge in [0, 0.05) is 24.0 Å². The topological polar surface area (TPSA) is 15.3 Å². The van der Waals surface area contributed by atoms with Gasteiger partial charge in [0.15, 0.2) is 0 Å². The van der Waals surface area contributed by atoms with E-state index in [2.05, 4.69) is 30.4 Å². The molecule has 0 amide bonds. The fourth-order valence-electron chi connectivity index (χ4n) is 2.20. The van der Waals surface area contributed by atoms with Gasteiger partial charge in [0.1, 0.15) is 0 Å². The van der Waals surface area contributed by atoms with Crippen LogP contribution in [-0.2, 0) is 6.42 Å². The Kier molecular flexibility index (Phi) is 4.25. The molecule has 0 bridgehead atoms. The monoisotopic (exact) mass is 258 g/mol. The molecule has 16 heavy (non-hydrogen) atoms. The van der Waals surface area contributed by atoms with Gasteiger partial charge in [-0.1, -0.05) is 11.6 Å². The van der Waals surface area contributed by atoms with Gasteiger partial charge < -0.3 is 10.2 Å². The second-order valence-corrected chi connectivity index (χ2v) is 6.40. The van der Waals surface area contributed by atoms with Crippen molar-refractivity contribution < 1.29 is 0 Å². The van der Waals surface area contributed by atoms with E-state index in [0.717, 1.165) is 17.4 Å². The van der Waals surface area contributed by atoms with E-state index in [1.165, 1.54) is 29.7 Å². The van der Waals surface area contributed by atoms with Crippen LogP contribution in [-0.4, -0.2) is 32.1 Å². The number of thiophene rings is 1. The van der Waals surface area contributed by atoms with Crippen LogP contribution in [0.2, 0.25) is 4.34 Å². The number of rotatable bonds is 4. The highest BCUT2D eigenvalue weighted by Crippen LogP contribution is 2.37. The SMILES string of the molecule is CN(C)CCNC1CCCc2sc(Cl)cc21. The minimum Gasteiger partial charge on any atom is -0.309 e. The molecule has 4 heteroatoms. The Morgan fingerprint density at radius 2 is 2.38 bits per heavy atom. The van der Waals surface area contributed by atoms with Crippen molar-refractivity contribution in [2.45, 2.75) is 25.3 Å². The van der Waals surface area contributed by atoms with Crippen molar-refractivity contribution in [1.82, 2.24) is 10.2 Å². The normalized spacial score (nSPS) is 20.1. The van der Waals surface area contributed by atoms with Gasteiger partial charge >= 0.3 is 0 Å². The molecule has 0 spiro atoms. The summed E-state index contributed by atoms with van der Waals surface area (Å²) in [4.78, 5) is 3.69. The van der Waals surface area contributed by atoms with E-state index in [1.54, 1.807) is 11.3 Å². The molecule has 1 unspecified atom stereocenters. The Hall–Kier alpha value is -0.0900. The van der Waals surface area contributed by atoms with Crippen molar-refractivity contribution in [3.8, 4) is 0 Å². The molecule has 0 saturated carbocycles. The summed E-state index contributed by atoms with van der Waals surface area (Å²) >= 11 is 7.83. The number of halogens is 1. The van der Waals surface area contributed by atoms with Gasteiger partial charge in [0.2, 0.25) is 0 Å². The molecule has 1 N–H and O–H groups in total. The number of fused-ring (bicyclic) bond motifs is 1. The first-order valence-electron chi connectivity index (χ1n) is 5.83. The molecule has 0 radical (unpaired) electrons. The van der Waals surface area contributed by atoms with Gasteiger partial charge in [0.05, 0.1) is 4.34 Å². The Morgan fingerprint density at radius 1 is 1.56 bits per heavy atom. The second-order valence-electron chi connectivity index (χ2n) is 4.63. The van der Waals surface area contributed by atoms with Crippen molar-refractivity contribution in [3.05, 3.63) is 20.8 Å². The van der Waals surface area contributed by atoms with Crippen LogP contribution < -0.4 is 5.32 Å². The van der Waals surface area contributed by atoms with E-state index in [0.29, 0.717) is 6.04 Å². The summed E-state index contributed by atoms with van der Waals surface area (Å²) in [7, 11) is 4.21. The maximum Gasteiger partial charge on any atom is 0.0934 e. The standard InChI is InChI=1S/C12H19ClN2S/c1-15(2)7-6-14-10-4-3-5-11-9(10)8-12(13)16-11/h8,10,14H,3-7H2,1-2H3. The number of hydrogen-bond donors (Lipinski definition) is 1. The van der Waals surface area contributed by atoms with Gasteiger partial charge in [-0.3, -0.25) is 0 Å². The molecule has 1 aliphatic carbocycles. The van der Waals surface area contributed by atoms with Crippen molar-refractivity contribution in [3.63, 3.8) is 0 Å². The molecule has 2 rings (SSSR count). The number of hydrogen-bond acceptors (Lipinski definition) is 3. The van der Waals surface area contributed by atoms with Crippen LogP contribution in [0.5, 0.6) is 0 Å². The molecule has 0 aliphatic heterocycles. The van der Waals surface area contributed by atoms with E-state index < -0.39 is 0 Å². The quantitative estimate of drug-likeness (QED) is 0.894. The summed E-state index contributed by atoms with van der Waals surface area (Å²) in [5.41, 5.74) is 1.44. The van der Waals surface area contributed by atoms with Crippen LogP contribution in [0.4, 0.5) is 0 Å². The van der Waals surface area contributed by atoms with Crippen LogP contribution in [0, 0.1) is 0 Å². The minimum atomic E-state index is 0.521. The number of nitrogens with one attached hydrogen (secondary N) is 1. The molecule has 0 fully saturated rings. The number of aryl methyl sites for hydroxylation is 1. The van der Waals surface area contributed by atoms with Gasteiger partial charge in [0.25, 0.3) is 0 Å². The Bertz CT molecular complexity index is 349. The van der Waals surface area contributed by atoms with Crippen LogP contribution >= 0.6 is 22.9 Å². The summed E-state index contributed by atoms with van der Waals surface area (Å²) in [6.45, 7) is 2.13. The zero-order valence-corrected chi connectivity index (χ0v) is 11.5. The fraction of sp³-hybridized carbons (Fsp3) is 0.667. The molecular formula is C12H19ClN2S. The predicted octanol–water partition coefficient (Wildman–Crippen LogP) is 2.93. The fourth-order valence-corrected chi connectivity index (χ4v) is 3.58. The Labute approximate surface area is 107 Å². The number of nitrogens with zero attached hydrogens (tertiary/aromatic N) is 1. The summed E-state index contributed by atoms with van der Waals surface area (Å²) in [5, 5.41) is 3.63. The summed E-state index contributed by atoms with van der Waals surface area (Å²) < 4.78 is 0.936. The van der Waals surface area contributed by atoms with E-state index in [9.17, 15) is 0 Å². The van der Waals surface area contributed by atoms with E-state index >= 15 is 0 Å². The summed E-state index contributed by atoms with van der Waals surface area (Å²) in [6, 6.07) is 2.67. The zero-order chi connectivity index (χ0) is 11.5. The third kappa shape index (κ3) is 2.98. The lowest BCUT2D eigenvalue weighted by molar-refractivity contribution is 0.373. The average molecular weight is 259 g/mol. The lowest BCUT2D eigenvalue weighted by Gasteiger charge is -2.24. The largest absolute Gasteiger partial charge is 0.309 e. The van der Waals surface area contributed by atoms with Gasteiger partial charge in [-0.25, -0.2) is 0 Å². The first-order chi connectivity index (χ1) is 7.66. The maximum absolute atomic E-state index is 6.08. The highest BCUT2D eigenvalue weighted by molar-refractivity contribution is 7.16. The lowest BCUT2D eigenvalue weighted by Crippen LogP contribution is -2.31. The molecule has 1 aromatic rings. The van der Waals surface area contributed by atoms with Gasteiger partial charge in [-0.15, -0.1) is 11.3 Å².